The van der Waals surface area contributed by atoms with Gasteiger partial charge in [-0.15, -0.1) is 0 Å². The number of aromatic nitrogens is 1. The highest BCUT2D eigenvalue weighted by Crippen LogP contribution is 2.31. The summed E-state index contributed by atoms with van der Waals surface area (Å²) in [5, 5.41) is 9.62. The lowest BCUT2D eigenvalue weighted by Gasteiger charge is -2.29. The van der Waals surface area contributed by atoms with Crippen molar-refractivity contribution >= 4 is 5.97 Å². The number of nitrogens with zero attached hydrogens (tertiary/aromatic N) is 1. The number of nitrogens with two attached hydrogens (primary N) is 1. The van der Waals surface area contributed by atoms with Crippen LogP contribution in [0.5, 0.6) is 0 Å². The normalized spacial score (nSPS) is 13.6. The van der Waals surface area contributed by atoms with E-state index in [1.54, 1.807) is 24.5 Å². The Labute approximate surface area is 122 Å². The number of carboxylic acid groups (broad SMARTS) is 1. The molecule has 0 radical (unpaired) electrons. The first-order valence-electron chi connectivity index (χ1n) is 6.67. The zero-order valence-electron chi connectivity index (χ0n) is 11.5. The lowest BCUT2D eigenvalue weighted by molar-refractivity contribution is -0.143. The number of halogens is 1. The molecule has 1 unspecified atom stereocenters. The van der Waals surface area contributed by atoms with Crippen LogP contribution in [0.3, 0.4) is 0 Å². The summed E-state index contributed by atoms with van der Waals surface area (Å²) < 4.78 is 14.0. The standard InChI is InChI=1S/C16H17FN2O2/c17-14-6-2-1-5-13(14)16(11-18,15(20)21)8-7-12-4-3-9-19-10-12/h1-6,9-10H,7-8,11,18H2,(H,20,21). The fourth-order valence-electron chi connectivity index (χ4n) is 2.41. The van der Waals surface area contributed by atoms with E-state index in [0.29, 0.717) is 6.42 Å². The molecule has 1 heterocycles. The van der Waals surface area contributed by atoms with Crippen LogP contribution < -0.4 is 5.73 Å². The zero-order valence-corrected chi connectivity index (χ0v) is 11.5. The topological polar surface area (TPSA) is 76.2 Å². The van der Waals surface area contributed by atoms with Gasteiger partial charge in [0.05, 0.1) is 0 Å². The number of pyridine rings is 1. The summed E-state index contributed by atoms with van der Waals surface area (Å²) in [4.78, 5) is 15.8. The van der Waals surface area contributed by atoms with Gasteiger partial charge in [-0.25, -0.2) is 4.39 Å². The van der Waals surface area contributed by atoms with Crippen molar-refractivity contribution in [2.24, 2.45) is 5.73 Å². The van der Waals surface area contributed by atoms with E-state index in [9.17, 15) is 14.3 Å². The number of carboxylic acids is 1. The maximum atomic E-state index is 14.0. The van der Waals surface area contributed by atoms with Crippen LogP contribution in [0.25, 0.3) is 0 Å². The van der Waals surface area contributed by atoms with Crippen LogP contribution in [0, 0.1) is 5.82 Å². The number of hydrogen-bond acceptors (Lipinski definition) is 3. The van der Waals surface area contributed by atoms with Crippen molar-refractivity contribution in [3.05, 3.63) is 65.7 Å². The predicted octanol–water partition coefficient (Wildman–Crippen LogP) is 2.13. The van der Waals surface area contributed by atoms with Gasteiger partial charge in [-0.1, -0.05) is 24.3 Å². The van der Waals surface area contributed by atoms with E-state index in [2.05, 4.69) is 4.98 Å². The smallest absolute Gasteiger partial charge is 0.315 e. The molecule has 1 aromatic heterocycles. The molecular formula is C16H17FN2O2. The molecule has 0 bridgehead atoms. The maximum absolute atomic E-state index is 14.0. The van der Waals surface area contributed by atoms with E-state index in [4.69, 9.17) is 5.73 Å². The molecule has 5 heteroatoms. The van der Waals surface area contributed by atoms with Crippen molar-refractivity contribution in [3.63, 3.8) is 0 Å². The van der Waals surface area contributed by atoms with E-state index >= 15 is 0 Å². The number of hydrogen-bond donors (Lipinski definition) is 2. The maximum Gasteiger partial charge on any atom is 0.315 e. The molecule has 0 saturated carbocycles. The number of benzene rings is 1. The predicted molar refractivity (Wildman–Crippen MR) is 77.3 cm³/mol. The second kappa shape index (κ2) is 6.45. The third-order valence-electron chi connectivity index (χ3n) is 3.71. The molecule has 21 heavy (non-hydrogen) atoms. The second-order valence-corrected chi connectivity index (χ2v) is 4.93. The minimum absolute atomic E-state index is 0.129. The van der Waals surface area contributed by atoms with Crippen molar-refractivity contribution in [1.82, 2.24) is 4.98 Å². The van der Waals surface area contributed by atoms with Crippen LogP contribution in [0.1, 0.15) is 17.5 Å². The van der Waals surface area contributed by atoms with Crippen LogP contribution in [0.4, 0.5) is 4.39 Å². The molecule has 0 aliphatic carbocycles. The molecule has 0 saturated heterocycles. The van der Waals surface area contributed by atoms with Crippen molar-refractivity contribution in [2.45, 2.75) is 18.3 Å². The summed E-state index contributed by atoms with van der Waals surface area (Å²) in [7, 11) is 0. The molecule has 0 fully saturated rings. The number of rotatable bonds is 6. The highest BCUT2D eigenvalue weighted by atomic mass is 19.1. The van der Waals surface area contributed by atoms with Crippen LogP contribution in [0.15, 0.2) is 48.8 Å². The minimum Gasteiger partial charge on any atom is -0.481 e. The molecule has 0 aliphatic rings. The summed E-state index contributed by atoms with van der Waals surface area (Å²) >= 11 is 0. The molecule has 4 nitrogen and oxygen atoms in total. The lowest BCUT2D eigenvalue weighted by Crippen LogP contribution is -2.44. The largest absolute Gasteiger partial charge is 0.481 e. The Bertz CT molecular complexity index is 619. The Balaban J connectivity index is 2.34. The first-order valence-corrected chi connectivity index (χ1v) is 6.67. The summed E-state index contributed by atoms with van der Waals surface area (Å²) in [5.41, 5.74) is 5.31. The van der Waals surface area contributed by atoms with Gasteiger partial charge in [-0.3, -0.25) is 9.78 Å². The van der Waals surface area contributed by atoms with E-state index in [-0.39, 0.29) is 18.5 Å². The first kappa shape index (κ1) is 15.1. The lowest BCUT2D eigenvalue weighted by atomic mass is 9.75. The SMILES string of the molecule is NCC(CCc1cccnc1)(C(=O)O)c1ccccc1F. The van der Waals surface area contributed by atoms with Gasteiger partial charge in [0.2, 0.25) is 0 Å². The Kier molecular flexibility index (Phi) is 4.65. The second-order valence-electron chi connectivity index (χ2n) is 4.93. The summed E-state index contributed by atoms with van der Waals surface area (Å²) in [6, 6.07) is 9.53. The number of aliphatic carboxylic acids is 1. The van der Waals surface area contributed by atoms with Crippen LogP contribution >= 0.6 is 0 Å². The van der Waals surface area contributed by atoms with Gasteiger partial charge in [0.25, 0.3) is 0 Å². The van der Waals surface area contributed by atoms with Crippen LogP contribution in [-0.2, 0) is 16.6 Å². The molecule has 2 aromatic rings. The Morgan fingerprint density at radius 1 is 1.29 bits per heavy atom. The molecule has 110 valence electrons. The van der Waals surface area contributed by atoms with E-state index in [0.717, 1.165) is 5.56 Å². The van der Waals surface area contributed by atoms with Crippen LogP contribution in [0.2, 0.25) is 0 Å². The van der Waals surface area contributed by atoms with Gasteiger partial charge in [0.1, 0.15) is 11.2 Å². The average Bonchev–Trinajstić information content (AvgIpc) is 2.50. The molecule has 3 N–H and O–H groups in total. The quantitative estimate of drug-likeness (QED) is 0.853. The Morgan fingerprint density at radius 2 is 2.05 bits per heavy atom. The van der Waals surface area contributed by atoms with Gasteiger partial charge in [-0.05, 0) is 30.5 Å². The summed E-state index contributed by atoms with van der Waals surface area (Å²) in [6.45, 7) is -0.163. The summed E-state index contributed by atoms with van der Waals surface area (Å²) in [6.07, 6.45) is 4.00. The molecular weight excluding hydrogens is 271 g/mol. The fourth-order valence-corrected chi connectivity index (χ4v) is 2.41. The third kappa shape index (κ3) is 3.08. The zero-order chi connectivity index (χ0) is 15.3. The van der Waals surface area contributed by atoms with E-state index in [1.807, 2.05) is 6.07 Å². The highest BCUT2D eigenvalue weighted by Gasteiger charge is 2.40. The number of aryl methyl sites for hydroxylation is 1. The van der Waals surface area contributed by atoms with Gasteiger partial charge >= 0.3 is 5.97 Å². The fraction of sp³-hybridized carbons (Fsp3) is 0.250. The first-order chi connectivity index (χ1) is 10.1. The summed E-state index contributed by atoms with van der Waals surface area (Å²) in [5.74, 6) is -1.66. The Hall–Kier alpha value is -2.27. The molecule has 0 aliphatic heterocycles. The molecule has 0 spiro atoms. The van der Waals surface area contributed by atoms with Gasteiger partial charge < -0.3 is 10.8 Å². The molecule has 1 aromatic carbocycles. The highest BCUT2D eigenvalue weighted by molar-refractivity contribution is 5.82. The molecule has 1 atom stereocenters. The van der Waals surface area contributed by atoms with Crippen molar-refractivity contribution in [2.75, 3.05) is 6.54 Å². The monoisotopic (exact) mass is 288 g/mol. The van der Waals surface area contributed by atoms with Crippen molar-refractivity contribution in [3.8, 4) is 0 Å². The van der Waals surface area contributed by atoms with Gasteiger partial charge in [0.15, 0.2) is 0 Å². The van der Waals surface area contributed by atoms with Gasteiger partial charge in [-0.2, -0.15) is 0 Å². The van der Waals surface area contributed by atoms with E-state index < -0.39 is 17.2 Å². The molecule has 0 amide bonds. The number of carbonyl (C=O) groups is 1. The Morgan fingerprint density at radius 3 is 2.62 bits per heavy atom. The molecule has 2 rings (SSSR count). The van der Waals surface area contributed by atoms with Crippen molar-refractivity contribution < 1.29 is 14.3 Å². The van der Waals surface area contributed by atoms with Gasteiger partial charge in [0, 0.05) is 24.5 Å². The minimum atomic E-state index is -1.43. The average molecular weight is 288 g/mol. The van der Waals surface area contributed by atoms with E-state index in [1.165, 1.54) is 18.2 Å². The van der Waals surface area contributed by atoms with Crippen molar-refractivity contribution in [1.29, 1.82) is 0 Å². The van der Waals surface area contributed by atoms with Crippen LogP contribution in [-0.4, -0.2) is 22.6 Å². The third-order valence-corrected chi connectivity index (χ3v) is 3.71.